The molecule has 0 bridgehead atoms. The van der Waals surface area contributed by atoms with Crippen molar-refractivity contribution in [1.29, 1.82) is 0 Å². The summed E-state index contributed by atoms with van der Waals surface area (Å²) in [7, 11) is -4.67. The van der Waals surface area contributed by atoms with Gasteiger partial charge in [-0.1, -0.05) is 48.6 Å². The molecule has 0 amide bonds. The first kappa shape index (κ1) is 26.5. The molecule has 0 aromatic carbocycles. The molecule has 4 atom stereocenters. The van der Waals surface area contributed by atoms with Crippen LogP contribution in [0, 0.1) is 11.8 Å². The minimum absolute atomic E-state index is 0.196. The SMILES string of the molecule is C1=CC2C=Cc3cccnc3C2N=C1.C1=CC2C=Cc3cccnc3C2N=C1.O=S(=O)(O)O.[O]=[V]. The van der Waals surface area contributed by atoms with Crippen LogP contribution in [0.4, 0.5) is 0 Å². The van der Waals surface area contributed by atoms with Crippen molar-refractivity contribution in [2.45, 2.75) is 12.1 Å². The zero-order chi connectivity index (χ0) is 25.3. The van der Waals surface area contributed by atoms with E-state index in [0.29, 0.717) is 11.8 Å². The molecule has 0 fully saturated rings. The van der Waals surface area contributed by atoms with Crippen LogP contribution in [0.25, 0.3) is 12.2 Å². The average Bonchev–Trinajstić information content (AvgIpc) is 2.89. The van der Waals surface area contributed by atoms with E-state index in [1.165, 1.54) is 11.1 Å². The summed E-state index contributed by atoms with van der Waals surface area (Å²) in [6, 6.07) is 8.49. The minimum atomic E-state index is -4.67. The van der Waals surface area contributed by atoms with Gasteiger partial charge in [0.1, 0.15) is 12.1 Å². The number of rotatable bonds is 0. The second-order valence-electron chi connectivity index (χ2n) is 7.53. The average molecular weight is 529 g/mol. The maximum absolute atomic E-state index is 8.74. The van der Waals surface area contributed by atoms with Crippen molar-refractivity contribution < 1.29 is 38.6 Å². The molecule has 35 heavy (non-hydrogen) atoms. The molecule has 2 aromatic heterocycles. The summed E-state index contributed by atoms with van der Waals surface area (Å²) in [5.74, 6) is 0.782. The first-order chi connectivity index (χ1) is 16.9. The third-order valence-electron chi connectivity index (χ3n) is 5.36. The van der Waals surface area contributed by atoms with Gasteiger partial charge in [-0.25, -0.2) is 0 Å². The van der Waals surface area contributed by atoms with E-state index in [1.807, 2.05) is 49.1 Å². The Morgan fingerprint density at radius 3 is 1.51 bits per heavy atom. The zero-order valence-electron chi connectivity index (χ0n) is 18.3. The van der Waals surface area contributed by atoms with Crippen LogP contribution in [-0.2, 0) is 31.4 Å². The molecule has 2 aliphatic carbocycles. The number of allylic oxidation sites excluding steroid dienone is 2. The number of fused-ring (bicyclic) bond motifs is 6. The molecule has 4 heterocycles. The van der Waals surface area contributed by atoms with Gasteiger partial charge < -0.3 is 0 Å². The van der Waals surface area contributed by atoms with E-state index in [2.05, 4.69) is 68.5 Å². The molecular formula is C24H22N4O5SV. The molecule has 2 aromatic rings. The molecular weight excluding hydrogens is 507 g/mol. The molecule has 2 aliphatic heterocycles. The molecule has 0 spiro atoms. The zero-order valence-corrected chi connectivity index (χ0v) is 20.5. The van der Waals surface area contributed by atoms with E-state index in [0.717, 1.165) is 28.8 Å². The molecule has 6 rings (SSSR count). The number of hydrogen-bond acceptors (Lipinski definition) is 7. The van der Waals surface area contributed by atoms with Crippen LogP contribution in [0.1, 0.15) is 34.6 Å². The van der Waals surface area contributed by atoms with E-state index in [9.17, 15) is 0 Å². The van der Waals surface area contributed by atoms with Crippen LogP contribution in [0.5, 0.6) is 0 Å². The van der Waals surface area contributed by atoms with Gasteiger partial charge >= 0.3 is 31.4 Å². The second-order valence-corrected chi connectivity index (χ2v) is 8.43. The predicted molar refractivity (Wildman–Crippen MR) is 129 cm³/mol. The summed E-state index contributed by atoms with van der Waals surface area (Å²) in [5.41, 5.74) is 4.59. The van der Waals surface area contributed by atoms with Crippen LogP contribution >= 0.6 is 0 Å². The third kappa shape index (κ3) is 7.42. The van der Waals surface area contributed by atoms with Crippen molar-refractivity contribution in [2.24, 2.45) is 21.8 Å². The number of aliphatic imine (C=N–C) groups is 2. The third-order valence-corrected chi connectivity index (χ3v) is 5.36. The summed E-state index contributed by atoms with van der Waals surface area (Å²) in [6.07, 6.45) is 24.4. The van der Waals surface area contributed by atoms with Gasteiger partial charge in [0.25, 0.3) is 0 Å². The van der Waals surface area contributed by atoms with Gasteiger partial charge in [-0.2, -0.15) is 8.42 Å². The van der Waals surface area contributed by atoms with Crippen molar-refractivity contribution in [1.82, 2.24) is 9.97 Å². The van der Waals surface area contributed by atoms with Crippen LogP contribution in [-0.4, -0.2) is 39.9 Å². The number of dihydropyridines is 2. The molecule has 0 saturated carbocycles. The van der Waals surface area contributed by atoms with Gasteiger partial charge in [0.15, 0.2) is 0 Å². The molecule has 0 radical (unpaired) electrons. The Bertz CT molecular complexity index is 1230. The molecule has 11 heteroatoms. The van der Waals surface area contributed by atoms with Crippen LogP contribution in [0.3, 0.4) is 0 Å². The molecule has 2 N–H and O–H groups in total. The Balaban J connectivity index is 0.000000156. The molecule has 0 saturated heterocycles. The fourth-order valence-corrected chi connectivity index (χ4v) is 3.96. The molecule has 4 aliphatic rings. The fraction of sp³-hybridized carbons (Fsp3) is 0.167. The van der Waals surface area contributed by atoms with Gasteiger partial charge in [0, 0.05) is 36.7 Å². The molecule has 9 nitrogen and oxygen atoms in total. The van der Waals surface area contributed by atoms with Crippen LogP contribution in [0.15, 0.2) is 83.1 Å². The summed E-state index contributed by atoms with van der Waals surface area (Å²) in [4.78, 5) is 17.7. The summed E-state index contributed by atoms with van der Waals surface area (Å²) < 4.78 is 39.8. The Hall–Kier alpha value is -3.15. The Morgan fingerprint density at radius 1 is 0.714 bits per heavy atom. The Labute approximate surface area is 212 Å². The Kier molecular flexibility index (Phi) is 9.47. The number of pyridine rings is 2. The van der Waals surface area contributed by atoms with Gasteiger partial charge in [-0.3, -0.25) is 29.1 Å². The predicted octanol–water partition coefficient (Wildman–Crippen LogP) is 4.04. The van der Waals surface area contributed by atoms with Crippen molar-refractivity contribution in [3.63, 3.8) is 0 Å². The van der Waals surface area contributed by atoms with Gasteiger partial charge in [0.05, 0.1) is 11.4 Å². The van der Waals surface area contributed by atoms with Gasteiger partial charge in [-0.15, -0.1) is 0 Å². The monoisotopic (exact) mass is 529 g/mol. The van der Waals surface area contributed by atoms with E-state index < -0.39 is 10.4 Å². The van der Waals surface area contributed by atoms with E-state index in [4.69, 9.17) is 21.2 Å². The second kappa shape index (κ2) is 12.5. The fourth-order valence-electron chi connectivity index (χ4n) is 3.96. The normalized spacial score (nSPS) is 23.5. The van der Waals surface area contributed by atoms with Crippen LogP contribution in [0.2, 0.25) is 0 Å². The van der Waals surface area contributed by atoms with E-state index >= 15 is 0 Å². The Morgan fingerprint density at radius 2 is 1.11 bits per heavy atom. The molecule has 4 unspecified atom stereocenters. The first-order valence-electron chi connectivity index (χ1n) is 10.4. The number of hydrogen-bond donors (Lipinski definition) is 2. The van der Waals surface area contributed by atoms with Crippen molar-refractivity contribution in [3.05, 3.63) is 95.6 Å². The van der Waals surface area contributed by atoms with Crippen molar-refractivity contribution in [3.8, 4) is 0 Å². The summed E-state index contributed by atoms with van der Waals surface area (Å²) in [5, 5.41) is 0. The maximum atomic E-state index is 8.74. The van der Waals surface area contributed by atoms with E-state index in [1.54, 1.807) is 0 Å². The standard InChI is InChI=1S/2C12H10N2.H2O4S.O.V/c2*1-3-9-5-6-10-4-2-8-14-12(10)11(9)13-7-1;1-5(2,3)4;;/h2*1-9,11H;(H2,1,2,3,4);;. The summed E-state index contributed by atoms with van der Waals surface area (Å²) in [6.45, 7) is 0. The molecule has 179 valence electrons. The topological polar surface area (TPSA) is 142 Å². The number of aromatic nitrogens is 2. The van der Waals surface area contributed by atoms with Crippen molar-refractivity contribution >= 4 is 35.0 Å². The quantitative estimate of drug-likeness (QED) is 0.491. The number of nitrogens with zero attached hydrogens (tertiary/aromatic N) is 4. The van der Waals surface area contributed by atoms with Crippen molar-refractivity contribution in [2.75, 3.05) is 0 Å². The first-order valence-corrected chi connectivity index (χ1v) is 12.4. The van der Waals surface area contributed by atoms with Crippen LogP contribution < -0.4 is 0 Å². The summed E-state index contributed by atoms with van der Waals surface area (Å²) >= 11 is 1.06. The van der Waals surface area contributed by atoms with Gasteiger partial charge in [0.2, 0.25) is 0 Å². The van der Waals surface area contributed by atoms with Gasteiger partial charge in [-0.05, 0) is 35.4 Å². The van der Waals surface area contributed by atoms with E-state index in [-0.39, 0.29) is 12.1 Å².